The molecule has 0 aliphatic heterocycles. The van der Waals surface area contributed by atoms with E-state index in [1.807, 2.05) is 54.7 Å². The third-order valence-corrected chi connectivity index (χ3v) is 4.44. The summed E-state index contributed by atoms with van der Waals surface area (Å²) in [5, 5.41) is 12.1. The molecule has 2 heterocycles. The SMILES string of the molecule is CCCOc1ccc(-c2cc(C(=O)NN=Cc3c[nH]c4ccccc34)[nH]n2)cc1. The average Bonchev–Trinajstić information content (AvgIpc) is 3.40. The third kappa shape index (κ3) is 4.19. The van der Waals surface area contributed by atoms with Crippen LogP contribution < -0.4 is 10.2 Å². The van der Waals surface area contributed by atoms with E-state index in [0.29, 0.717) is 18.0 Å². The van der Waals surface area contributed by atoms with Gasteiger partial charge >= 0.3 is 0 Å². The molecule has 2 aromatic heterocycles. The Morgan fingerprint density at radius 3 is 2.86 bits per heavy atom. The zero-order chi connectivity index (χ0) is 20.1. The number of hydrazone groups is 1. The number of nitrogens with one attached hydrogen (secondary N) is 3. The molecule has 0 fully saturated rings. The maximum Gasteiger partial charge on any atom is 0.289 e. The van der Waals surface area contributed by atoms with Crippen LogP contribution >= 0.6 is 0 Å². The van der Waals surface area contributed by atoms with Crippen molar-refractivity contribution in [1.82, 2.24) is 20.6 Å². The van der Waals surface area contributed by atoms with Gasteiger partial charge in [0.1, 0.15) is 11.4 Å². The largest absolute Gasteiger partial charge is 0.494 e. The summed E-state index contributed by atoms with van der Waals surface area (Å²) in [5.41, 5.74) is 6.35. The number of H-pyrrole nitrogens is 2. The molecule has 1 amide bonds. The molecule has 0 saturated carbocycles. The van der Waals surface area contributed by atoms with Crippen LogP contribution in [-0.4, -0.2) is 33.9 Å². The van der Waals surface area contributed by atoms with Gasteiger partial charge in [0.2, 0.25) is 0 Å². The lowest BCUT2D eigenvalue weighted by molar-refractivity contribution is 0.0950. The Kier molecular flexibility index (Phi) is 5.38. The Morgan fingerprint density at radius 1 is 1.21 bits per heavy atom. The lowest BCUT2D eigenvalue weighted by Gasteiger charge is -2.04. The molecule has 0 unspecified atom stereocenters. The van der Waals surface area contributed by atoms with Crippen LogP contribution in [0.5, 0.6) is 5.75 Å². The second-order valence-electron chi connectivity index (χ2n) is 6.53. The van der Waals surface area contributed by atoms with Crippen LogP contribution in [0.1, 0.15) is 29.4 Å². The Labute approximate surface area is 167 Å². The average molecular weight is 387 g/mol. The van der Waals surface area contributed by atoms with Crippen LogP contribution in [0.3, 0.4) is 0 Å². The summed E-state index contributed by atoms with van der Waals surface area (Å²) in [6, 6.07) is 17.2. The Hall–Kier alpha value is -3.87. The van der Waals surface area contributed by atoms with Gasteiger partial charge in [-0.15, -0.1) is 0 Å². The molecular weight excluding hydrogens is 366 g/mol. The van der Waals surface area contributed by atoms with Crippen LogP contribution in [0, 0.1) is 0 Å². The van der Waals surface area contributed by atoms with Gasteiger partial charge in [-0.2, -0.15) is 10.2 Å². The van der Waals surface area contributed by atoms with Crippen molar-refractivity contribution in [2.24, 2.45) is 5.10 Å². The maximum atomic E-state index is 12.3. The van der Waals surface area contributed by atoms with E-state index < -0.39 is 0 Å². The summed E-state index contributed by atoms with van der Waals surface area (Å²) in [5.74, 6) is 0.457. The zero-order valence-corrected chi connectivity index (χ0v) is 16.0. The minimum absolute atomic E-state index is 0.336. The molecule has 0 aliphatic carbocycles. The van der Waals surface area contributed by atoms with E-state index in [0.717, 1.165) is 34.2 Å². The first-order valence-corrected chi connectivity index (χ1v) is 9.43. The van der Waals surface area contributed by atoms with E-state index >= 15 is 0 Å². The van der Waals surface area contributed by atoms with E-state index in [-0.39, 0.29) is 5.91 Å². The highest BCUT2D eigenvalue weighted by molar-refractivity contribution is 6.00. The number of aromatic amines is 2. The lowest BCUT2D eigenvalue weighted by atomic mass is 10.1. The fourth-order valence-electron chi connectivity index (χ4n) is 2.95. The molecule has 0 saturated heterocycles. The number of carbonyl (C=O) groups excluding carboxylic acids is 1. The first-order chi connectivity index (χ1) is 14.2. The number of amides is 1. The molecule has 3 N–H and O–H groups in total. The minimum Gasteiger partial charge on any atom is -0.494 e. The van der Waals surface area contributed by atoms with Crippen LogP contribution in [-0.2, 0) is 0 Å². The van der Waals surface area contributed by atoms with Crippen molar-refractivity contribution >= 4 is 23.0 Å². The molecule has 0 radical (unpaired) electrons. The number of para-hydroxylation sites is 1. The normalized spacial score (nSPS) is 11.2. The minimum atomic E-state index is -0.359. The van der Waals surface area contributed by atoms with Crippen LogP contribution in [0.4, 0.5) is 0 Å². The van der Waals surface area contributed by atoms with E-state index in [9.17, 15) is 4.79 Å². The first kappa shape index (κ1) is 18.5. The van der Waals surface area contributed by atoms with E-state index in [2.05, 4.69) is 32.6 Å². The monoisotopic (exact) mass is 387 g/mol. The molecule has 4 rings (SSSR count). The van der Waals surface area contributed by atoms with Gasteiger partial charge in [0.25, 0.3) is 5.91 Å². The van der Waals surface area contributed by atoms with Crippen molar-refractivity contribution in [3.05, 3.63) is 72.1 Å². The van der Waals surface area contributed by atoms with Crippen molar-refractivity contribution < 1.29 is 9.53 Å². The highest BCUT2D eigenvalue weighted by Gasteiger charge is 2.10. The van der Waals surface area contributed by atoms with Crippen molar-refractivity contribution in [3.63, 3.8) is 0 Å². The fourth-order valence-corrected chi connectivity index (χ4v) is 2.95. The number of aromatic nitrogens is 3. The van der Waals surface area contributed by atoms with Gasteiger partial charge in [0.05, 0.1) is 18.5 Å². The topological polar surface area (TPSA) is 95.2 Å². The molecule has 2 aromatic carbocycles. The maximum absolute atomic E-state index is 12.3. The predicted molar refractivity (Wildman–Crippen MR) is 113 cm³/mol. The number of carbonyl (C=O) groups is 1. The smallest absolute Gasteiger partial charge is 0.289 e. The number of benzene rings is 2. The van der Waals surface area contributed by atoms with Gasteiger partial charge in [-0.3, -0.25) is 9.89 Å². The van der Waals surface area contributed by atoms with Gasteiger partial charge in [0, 0.05) is 28.2 Å². The van der Waals surface area contributed by atoms with Gasteiger partial charge in [0.15, 0.2) is 0 Å². The summed E-state index contributed by atoms with van der Waals surface area (Å²) >= 11 is 0. The summed E-state index contributed by atoms with van der Waals surface area (Å²) in [7, 11) is 0. The molecule has 4 aromatic rings. The number of nitrogens with zero attached hydrogens (tertiary/aromatic N) is 2. The van der Waals surface area contributed by atoms with Gasteiger partial charge in [-0.05, 0) is 42.8 Å². The Morgan fingerprint density at radius 2 is 2.03 bits per heavy atom. The second kappa shape index (κ2) is 8.43. The van der Waals surface area contributed by atoms with Crippen molar-refractivity contribution in [2.45, 2.75) is 13.3 Å². The van der Waals surface area contributed by atoms with Gasteiger partial charge in [-0.1, -0.05) is 25.1 Å². The Bertz CT molecular complexity index is 1140. The van der Waals surface area contributed by atoms with Crippen LogP contribution in [0.25, 0.3) is 22.2 Å². The molecule has 29 heavy (non-hydrogen) atoms. The Balaban J connectivity index is 1.40. The predicted octanol–water partition coefficient (Wildman–Crippen LogP) is 4.11. The summed E-state index contributed by atoms with van der Waals surface area (Å²) in [6.45, 7) is 2.75. The summed E-state index contributed by atoms with van der Waals surface area (Å²) < 4.78 is 5.58. The highest BCUT2D eigenvalue weighted by atomic mass is 16.5. The molecule has 0 aliphatic rings. The number of rotatable bonds is 7. The van der Waals surface area contributed by atoms with Gasteiger partial charge in [-0.25, -0.2) is 5.43 Å². The van der Waals surface area contributed by atoms with Crippen molar-refractivity contribution in [1.29, 1.82) is 0 Å². The molecule has 7 nitrogen and oxygen atoms in total. The zero-order valence-electron chi connectivity index (χ0n) is 16.0. The molecule has 0 atom stereocenters. The van der Waals surface area contributed by atoms with E-state index in [1.54, 1.807) is 12.3 Å². The number of hydrogen-bond donors (Lipinski definition) is 3. The van der Waals surface area contributed by atoms with E-state index in [1.165, 1.54) is 0 Å². The lowest BCUT2D eigenvalue weighted by Crippen LogP contribution is -2.17. The third-order valence-electron chi connectivity index (χ3n) is 4.44. The number of hydrogen-bond acceptors (Lipinski definition) is 4. The standard InChI is InChI=1S/C22H21N5O2/c1-2-11-29-17-9-7-15(8-10-17)20-12-21(26-25-20)22(28)27-24-14-16-13-23-19-6-4-3-5-18(16)19/h3-10,12-14,23H,2,11H2,1H3,(H,25,26)(H,27,28). The second-order valence-corrected chi connectivity index (χ2v) is 6.53. The summed E-state index contributed by atoms with van der Waals surface area (Å²) in [4.78, 5) is 15.5. The molecule has 0 bridgehead atoms. The molecular formula is C22H21N5O2. The van der Waals surface area contributed by atoms with Crippen LogP contribution in [0.15, 0.2) is 65.9 Å². The quantitative estimate of drug-likeness (QED) is 0.329. The molecule has 0 spiro atoms. The highest BCUT2D eigenvalue weighted by Crippen LogP contribution is 2.21. The van der Waals surface area contributed by atoms with Crippen molar-refractivity contribution in [2.75, 3.05) is 6.61 Å². The fraction of sp³-hybridized carbons (Fsp3) is 0.136. The molecule has 7 heteroatoms. The first-order valence-electron chi connectivity index (χ1n) is 9.43. The summed E-state index contributed by atoms with van der Waals surface area (Å²) in [6.07, 6.45) is 4.42. The molecule has 146 valence electrons. The van der Waals surface area contributed by atoms with Crippen molar-refractivity contribution in [3.8, 4) is 17.0 Å². The van der Waals surface area contributed by atoms with E-state index in [4.69, 9.17) is 4.74 Å². The number of fused-ring (bicyclic) bond motifs is 1. The van der Waals surface area contributed by atoms with Gasteiger partial charge < -0.3 is 9.72 Å². The number of ether oxygens (including phenoxy) is 1. The van der Waals surface area contributed by atoms with Crippen LogP contribution in [0.2, 0.25) is 0 Å².